The van der Waals surface area contributed by atoms with Crippen molar-refractivity contribution in [2.75, 3.05) is 0 Å². The number of aromatic nitrogens is 5. The third-order valence-electron chi connectivity index (χ3n) is 4.80. The standard InChI is InChI=1S/C19H13F3N6O/c20-19(21,22)13-3-1-2-11(6-13)9-27-10-12(8-24-27)15-7-14-16(25-15)26-18(29)28-5-4-23-17(14)28/h1-6,8,10H,7,9H2,(H,26,29). The Kier molecular flexibility index (Phi) is 3.70. The number of imidazole rings is 1. The lowest BCUT2D eigenvalue weighted by Gasteiger charge is -2.08. The van der Waals surface area contributed by atoms with Crippen LogP contribution in [0, 0.1) is 0 Å². The molecular formula is C19H13F3N6O. The van der Waals surface area contributed by atoms with Crippen LogP contribution in [0.3, 0.4) is 0 Å². The largest absolute Gasteiger partial charge is 0.416 e. The molecule has 1 aliphatic rings. The number of hydrogen-bond donors (Lipinski definition) is 1. The van der Waals surface area contributed by atoms with Gasteiger partial charge in [-0.25, -0.2) is 14.8 Å². The van der Waals surface area contributed by atoms with Crippen molar-refractivity contribution in [1.29, 1.82) is 0 Å². The number of nitrogens with one attached hydrogen (secondary N) is 1. The number of fused-ring (bicyclic) bond motifs is 3. The van der Waals surface area contributed by atoms with Crippen molar-refractivity contribution in [3.05, 3.63) is 81.8 Å². The van der Waals surface area contributed by atoms with Crippen LogP contribution in [0.15, 0.2) is 58.8 Å². The van der Waals surface area contributed by atoms with Crippen LogP contribution >= 0.6 is 0 Å². The second-order valence-corrected chi connectivity index (χ2v) is 6.74. The lowest BCUT2D eigenvalue weighted by molar-refractivity contribution is -0.137. The number of rotatable bonds is 3. The van der Waals surface area contributed by atoms with E-state index in [2.05, 4.69) is 20.1 Å². The molecule has 5 rings (SSSR count). The molecule has 1 aromatic carbocycles. The van der Waals surface area contributed by atoms with Gasteiger partial charge in [-0.15, -0.1) is 0 Å². The van der Waals surface area contributed by atoms with E-state index in [1.807, 2.05) is 0 Å². The van der Waals surface area contributed by atoms with Crippen molar-refractivity contribution in [1.82, 2.24) is 24.1 Å². The number of benzene rings is 1. The zero-order chi connectivity index (χ0) is 20.2. The minimum Gasteiger partial charge on any atom is -0.291 e. The lowest BCUT2D eigenvalue weighted by Crippen LogP contribution is -2.16. The first-order valence-corrected chi connectivity index (χ1v) is 8.73. The van der Waals surface area contributed by atoms with Crippen LogP contribution in [0.5, 0.6) is 0 Å². The van der Waals surface area contributed by atoms with Gasteiger partial charge in [0, 0.05) is 36.1 Å². The summed E-state index contributed by atoms with van der Waals surface area (Å²) in [6.45, 7) is 0.200. The number of aliphatic imine (C=N–C) groups is 1. The molecule has 1 aliphatic heterocycles. The molecule has 10 heteroatoms. The van der Waals surface area contributed by atoms with Gasteiger partial charge in [-0.3, -0.25) is 14.1 Å². The molecule has 4 heterocycles. The highest BCUT2D eigenvalue weighted by molar-refractivity contribution is 6.06. The van der Waals surface area contributed by atoms with Crippen molar-refractivity contribution >= 4 is 17.2 Å². The van der Waals surface area contributed by atoms with Gasteiger partial charge < -0.3 is 0 Å². The third-order valence-corrected chi connectivity index (χ3v) is 4.80. The van der Waals surface area contributed by atoms with Crippen LogP contribution < -0.4 is 5.69 Å². The highest BCUT2D eigenvalue weighted by Crippen LogP contribution is 2.30. The highest BCUT2D eigenvalue weighted by Gasteiger charge is 2.30. The van der Waals surface area contributed by atoms with Gasteiger partial charge in [0.15, 0.2) is 0 Å². The summed E-state index contributed by atoms with van der Waals surface area (Å²) in [6.07, 6.45) is 2.56. The molecule has 0 spiro atoms. The van der Waals surface area contributed by atoms with Gasteiger partial charge in [0.1, 0.15) is 11.5 Å². The average Bonchev–Trinajstić information content (AvgIpc) is 3.39. The first-order valence-electron chi connectivity index (χ1n) is 8.73. The van der Waals surface area contributed by atoms with Gasteiger partial charge in [0.2, 0.25) is 0 Å². The van der Waals surface area contributed by atoms with E-state index in [0.717, 1.165) is 23.3 Å². The second kappa shape index (κ2) is 6.16. The summed E-state index contributed by atoms with van der Waals surface area (Å²) in [7, 11) is 0. The van der Waals surface area contributed by atoms with Gasteiger partial charge in [0.25, 0.3) is 0 Å². The molecule has 4 aromatic rings. The van der Waals surface area contributed by atoms with Gasteiger partial charge in [0.05, 0.1) is 24.0 Å². The Labute approximate surface area is 161 Å². The van der Waals surface area contributed by atoms with E-state index in [9.17, 15) is 18.0 Å². The predicted molar refractivity (Wildman–Crippen MR) is 98.5 cm³/mol. The molecule has 0 amide bonds. The number of H-pyrrole nitrogens is 1. The van der Waals surface area contributed by atoms with Gasteiger partial charge in [-0.05, 0) is 17.7 Å². The molecule has 0 atom stereocenters. The molecule has 146 valence electrons. The maximum atomic E-state index is 12.9. The smallest absolute Gasteiger partial charge is 0.291 e. The Hall–Kier alpha value is -3.69. The fraction of sp³-hybridized carbons (Fsp3) is 0.158. The Morgan fingerprint density at radius 1 is 1.24 bits per heavy atom. The van der Waals surface area contributed by atoms with Crippen LogP contribution in [-0.4, -0.2) is 29.9 Å². The van der Waals surface area contributed by atoms with Gasteiger partial charge in [-0.2, -0.15) is 18.3 Å². The van der Waals surface area contributed by atoms with E-state index >= 15 is 0 Å². The van der Waals surface area contributed by atoms with Crippen LogP contribution in [0.4, 0.5) is 19.0 Å². The summed E-state index contributed by atoms with van der Waals surface area (Å²) in [6, 6.07) is 5.16. The summed E-state index contributed by atoms with van der Waals surface area (Å²) in [5.74, 6) is 0.467. The molecule has 0 unspecified atom stereocenters. The molecule has 0 saturated carbocycles. The quantitative estimate of drug-likeness (QED) is 0.576. The molecule has 1 N–H and O–H groups in total. The number of nitrogens with zero attached hydrogens (tertiary/aromatic N) is 5. The van der Waals surface area contributed by atoms with Crippen molar-refractivity contribution in [3.63, 3.8) is 0 Å². The number of halogens is 3. The van der Waals surface area contributed by atoms with Crippen LogP contribution in [0.25, 0.3) is 5.65 Å². The summed E-state index contributed by atoms with van der Waals surface area (Å²) in [5, 5.41) is 4.24. The summed E-state index contributed by atoms with van der Waals surface area (Å²) < 4.78 is 41.7. The van der Waals surface area contributed by atoms with Crippen LogP contribution in [0.2, 0.25) is 0 Å². The van der Waals surface area contributed by atoms with E-state index in [1.165, 1.54) is 10.5 Å². The topological polar surface area (TPSA) is 80.3 Å². The maximum Gasteiger partial charge on any atom is 0.416 e. The monoisotopic (exact) mass is 398 g/mol. The number of hydrogen-bond acceptors (Lipinski definition) is 4. The molecule has 0 saturated heterocycles. The van der Waals surface area contributed by atoms with Gasteiger partial charge >= 0.3 is 11.9 Å². The Bertz CT molecular complexity index is 1330. The molecule has 0 aliphatic carbocycles. The Morgan fingerprint density at radius 3 is 2.93 bits per heavy atom. The minimum atomic E-state index is -4.38. The van der Waals surface area contributed by atoms with Crippen LogP contribution in [0.1, 0.15) is 22.3 Å². The SMILES string of the molecule is O=c1[nH]c2c(c3nccn13)CC(c1cnn(Cc3cccc(C(F)(F)F)c3)c1)=N2. The van der Waals surface area contributed by atoms with Crippen molar-refractivity contribution < 1.29 is 13.2 Å². The molecule has 7 nitrogen and oxygen atoms in total. The van der Waals surface area contributed by atoms with Crippen LogP contribution in [-0.2, 0) is 19.1 Å². The van der Waals surface area contributed by atoms with E-state index in [4.69, 9.17) is 0 Å². The molecule has 29 heavy (non-hydrogen) atoms. The Balaban J connectivity index is 1.41. The fourth-order valence-electron chi connectivity index (χ4n) is 3.43. The second-order valence-electron chi connectivity index (χ2n) is 6.74. The first kappa shape index (κ1) is 17.4. The fourth-order valence-corrected chi connectivity index (χ4v) is 3.43. The lowest BCUT2D eigenvalue weighted by atomic mass is 10.1. The summed E-state index contributed by atoms with van der Waals surface area (Å²) >= 11 is 0. The number of alkyl halides is 3. The summed E-state index contributed by atoms with van der Waals surface area (Å²) in [5.41, 5.74) is 2.30. The average molecular weight is 398 g/mol. The Morgan fingerprint density at radius 2 is 2.10 bits per heavy atom. The molecule has 0 bridgehead atoms. The molecule has 0 radical (unpaired) electrons. The van der Waals surface area contributed by atoms with Crippen molar-refractivity contribution in [2.45, 2.75) is 19.1 Å². The molecular weight excluding hydrogens is 385 g/mol. The highest BCUT2D eigenvalue weighted by atomic mass is 19.4. The molecule has 3 aromatic heterocycles. The van der Waals surface area contributed by atoms with Crippen molar-refractivity contribution in [3.8, 4) is 0 Å². The normalized spacial score (nSPS) is 13.7. The predicted octanol–water partition coefficient (Wildman–Crippen LogP) is 2.96. The van der Waals surface area contributed by atoms with E-state index in [0.29, 0.717) is 29.2 Å². The third kappa shape index (κ3) is 3.02. The van der Waals surface area contributed by atoms with E-state index in [1.54, 1.807) is 35.5 Å². The van der Waals surface area contributed by atoms with Crippen molar-refractivity contribution in [2.24, 2.45) is 4.99 Å². The number of aromatic amines is 1. The zero-order valence-electron chi connectivity index (χ0n) is 14.8. The first-order chi connectivity index (χ1) is 13.9. The van der Waals surface area contributed by atoms with E-state index < -0.39 is 11.7 Å². The summed E-state index contributed by atoms with van der Waals surface area (Å²) in [4.78, 5) is 23.5. The zero-order valence-corrected chi connectivity index (χ0v) is 14.8. The maximum absolute atomic E-state index is 12.9. The van der Waals surface area contributed by atoms with Gasteiger partial charge in [-0.1, -0.05) is 12.1 Å². The molecule has 0 fully saturated rings. The van der Waals surface area contributed by atoms with E-state index in [-0.39, 0.29) is 12.2 Å². The minimum absolute atomic E-state index is 0.200.